The van der Waals surface area contributed by atoms with E-state index >= 15 is 0 Å². The molecule has 0 aliphatic carbocycles. The number of rotatable bonds is 2. The molecule has 0 radical (unpaired) electrons. The van der Waals surface area contributed by atoms with Crippen LogP contribution in [0.25, 0.3) is 0 Å². The second-order valence-corrected chi connectivity index (χ2v) is 4.06. The van der Waals surface area contributed by atoms with Crippen LogP contribution >= 0.6 is 0 Å². The number of carbonyl (C=O) groups is 1. The molecule has 0 saturated carbocycles. The quantitative estimate of drug-likeness (QED) is 0.705. The molecule has 1 rings (SSSR count). The van der Waals surface area contributed by atoms with E-state index in [1.807, 2.05) is 0 Å². The van der Waals surface area contributed by atoms with E-state index in [-0.39, 0.29) is 11.9 Å². The van der Waals surface area contributed by atoms with E-state index in [4.69, 9.17) is 4.74 Å². The third-order valence-electron chi connectivity index (χ3n) is 2.35. The third-order valence-corrected chi connectivity index (χ3v) is 2.35. The van der Waals surface area contributed by atoms with Crippen LogP contribution in [0.15, 0.2) is 11.3 Å². The fourth-order valence-corrected chi connectivity index (χ4v) is 1.44. The fraction of sp³-hybridized carbons (Fsp3) is 0.700. The van der Waals surface area contributed by atoms with Crippen LogP contribution < -0.4 is 0 Å². The van der Waals surface area contributed by atoms with Gasteiger partial charge in [0.15, 0.2) is 5.78 Å². The van der Waals surface area contributed by atoms with Crippen molar-refractivity contribution in [2.45, 2.75) is 45.8 Å². The molecule has 0 spiro atoms. The van der Waals surface area contributed by atoms with Crippen molar-refractivity contribution in [2.24, 2.45) is 0 Å². The van der Waals surface area contributed by atoms with Crippen LogP contribution in [0.3, 0.4) is 0 Å². The molecule has 0 bridgehead atoms. The summed E-state index contributed by atoms with van der Waals surface area (Å²) in [7, 11) is 0. The minimum absolute atomic E-state index is 0.0317. The predicted octanol–water partition coefficient (Wildman–Crippen LogP) is 1.41. The maximum Gasteiger partial charge on any atom is 0.159 e. The Hall–Kier alpha value is -0.830. The second kappa shape index (κ2) is 3.14. The SMILES string of the molecule is CC(=O)C1=C(C)OC(C(C)(C)O)C1. The topological polar surface area (TPSA) is 46.5 Å². The average Bonchev–Trinajstić information content (AvgIpc) is 2.29. The van der Waals surface area contributed by atoms with Gasteiger partial charge in [0, 0.05) is 12.0 Å². The van der Waals surface area contributed by atoms with Crippen molar-refractivity contribution >= 4 is 5.78 Å². The van der Waals surface area contributed by atoms with Gasteiger partial charge in [-0.15, -0.1) is 0 Å². The Morgan fingerprint density at radius 1 is 1.62 bits per heavy atom. The van der Waals surface area contributed by atoms with Gasteiger partial charge >= 0.3 is 0 Å². The first-order valence-electron chi connectivity index (χ1n) is 4.42. The van der Waals surface area contributed by atoms with Crippen LogP contribution in [0.5, 0.6) is 0 Å². The van der Waals surface area contributed by atoms with Gasteiger partial charge in [-0.1, -0.05) is 0 Å². The van der Waals surface area contributed by atoms with Crippen LogP contribution in [-0.2, 0) is 9.53 Å². The number of hydrogen-bond donors (Lipinski definition) is 1. The first-order chi connectivity index (χ1) is 5.82. The highest BCUT2D eigenvalue weighted by atomic mass is 16.5. The number of allylic oxidation sites excluding steroid dienone is 1. The van der Waals surface area contributed by atoms with E-state index < -0.39 is 5.60 Å². The van der Waals surface area contributed by atoms with Gasteiger partial charge in [-0.2, -0.15) is 0 Å². The number of carbonyl (C=O) groups excluding carboxylic acids is 1. The van der Waals surface area contributed by atoms with Crippen molar-refractivity contribution in [3.05, 3.63) is 11.3 Å². The molecule has 0 saturated heterocycles. The summed E-state index contributed by atoms with van der Waals surface area (Å²) in [6.45, 7) is 6.67. The fourth-order valence-electron chi connectivity index (χ4n) is 1.44. The van der Waals surface area contributed by atoms with Gasteiger partial charge in [0.1, 0.15) is 11.9 Å². The van der Waals surface area contributed by atoms with Gasteiger partial charge in [-0.3, -0.25) is 4.79 Å². The van der Waals surface area contributed by atoms with E-state index in [0.717, 1.165) is 0 Å². The Morgan fingerprint density at radius 2 is 2.15 bits per heavy atom. The Balaban J connectivity index is 2.75. The van der Waals surface area contributed by atoms with Crippen molar-refractivity contribution in [3.63, 3.8) is 0 Å². The molecule has 1 heterocycles. The molecule has 0 aromatic heterocycles. The maximum absolute atomic E-state index is 11.1. The van der Waals surface area contributed by atoms with Gasteiger partial charge in [0.25, 0.3) is 0 Å². The Kier molecular flexibility index (Phi) is 2.48. The Bertz CT molecular complexity index is 258. The monoisotopic (exact) mass is 184 g/mol. The van der Waals surface area contributed by atoms with Crippen molar-refractivity contribution in [1.82, 2.24) is 0 Å². The van der Waals surface area contributed by atoms with E-state index in [1.165, 1.54) is 6.92 Å². The smallest absolute Gasteiger partial charge is 0.159 e. The zero-order chi connectivity index (χ0) is 10.2. The summed E-state index contributed by atoms with van der Waals surface area (Å²) in [5, 5.41) is 9.67. The summed E-state index contributed by atoms with van der Waals surface area (Å²) in [6.07, 6.45) is 0.233. The molecule has 3 nitrogen and oxygen atoms in total. The van der Waals surface area contributed by atoms with Gasteiger partial charge in [-0.05, 0) is 27.7 Å². The lowest BCUT2D eigenvalue weighted by Gasteiger charge is -2.25. The second-order valence-electron chi connectivity index (χ2n) is 4.06. The van der Waals surface area contributed by atoms with E-state index in [0.29, 0.717) is 17.8 Å². The highest BCUT2D eigenvalue weighted by Crippen LogP contribution is 2.31. The molecule has 1 unspecified atom stereocenters. The third kappa shape index (κ3) is 2.10. The average molecular weight is 184 g/mol. The lowest BCUT2D eigenvalue weighted by molar-refractivity contribution is -0.113. The lowest BCUT2D eigenvalue weighted by Crippen LogP contribution is -2.35. The lowest BCUT2D eigenvalue weighted by atomic mass is 9.96. The van der Waals surface area contributed by atoms with Crippen LogP contribution in [0, 0.1) is 0 Å². The molecule has 13 heavy (non-hydrogen) atoms. The summed E-state index contributed by atoms with van der Waals surface area (Å²) in [5.74, 6) is 0.684. The van der Waals surface area contributed by atoms with Crippen LogP contribution in [-0.4, -0.2) is 22.6 Å². The minimum Gasteiger partial charge on any atom is -0.491 e. The number of ether oxygens (including phenoxy) is 1. The molecule has 3 heteroatoms. The normalized spacial score (nSPS) is 23.3. The molecule has 1 aliphatic heterocycles. The molecular formula is C10H16O3. The van der Waals surface area contributed by atoms with Crippen molar-refractivity contribution in [2.75, 3.05) is 0 Å². The highest BCUT2D eigenvalue weighted by molar-refractivity contribution is 5.94. The molecule has 0 fully saturated rings. The number of hydrogen-bond acceptors (Lipinski definition) is 3. The van der Waals surface area contributed by atoms with Crippen LogP contribution in [0.4, 0.5) is 0 Å². The summed E-state index contributed by atoms with van der Waals surface area (Å²) in [5.41, 5.74) is -0.189. The van der Waals surface area contributed by atoms with E-state index in [9.17, 15) is 9.90 Å². The maximum atomic E-state index is 11.1. The Labute approximate surface area is 78.4 Å². The van der Waals surface area contributed by atoms with Gasteiger partial charge in [-0.25, -0.2) is 0 Å². The van der Waals surface area contributed by atoms with Crippen molar-refractivity contribution in [3.8, 4) is 0 Å². The standard InChI is InChI=1S/C10H16O3/c1-6(11)8-5-9(10(3,4)12)13-7(8)2/h9,12H,5H2,1-4H3. The molecule has 0 aromatic rings. The summed E-state index contributed by atoms with van der Waals surface area (Å²) in [6, 6.07) is 0. The molecule has 0 amide bonds. The zero-order valence-electron chi connectivity index (χ0n) is 8.55. The molecule has 0 aromatic carbocycles. The van der Waals surface area contributed by atoms with Crippen LogP contribution in [0.2, 0.25) is 0 Å². The van der Waals surface area contributed by atoms with Crippen LogP contribution in [0.1, 0.15) is 34.1 Å². The van der Waals surface area contributed by atoms with E-state index in [1.54, 1.807) is 20.8 Å². The summed E-state index contributed by atoms with van der Waals surface area (Å²) >= 11 is 0. The minimum atomic E-state index is -0.890. The van der Waals surface area contributed by atoms with Crippen molar-refractivity contribution < 1.29 is 14.6 Å². The first kappa shape index (κ1) is 10.3. The van der Waals surface area contributed by atoms with Gasteiger partial charge < -0.3 is 9.84 Å². The molecule has 1 aliphatic rings. The molecular weight excluding hydrogens is 168 g/mol. The first-order valence-corrected chi connectivity index (χ1v) is 4.42. The van der Waals surface area contributed by atoms with Gasteiger partial charge in [0.2, 0.25) is 0 Å². The van der Waals surface area contributed by atoms with Crippen molar-refractivity contribution in [1.29, 1.82) is 0 Å². The summed E-state index contributed by atoms with van der Waals surface area (Å²) < 4.78 is 5.41. The number of ketones is 1. The summed E-state index contributed by atoms with van der Waals surface area (Å²) in [4.78, 5) is 11.1. The molecule has 74 valence electrons. The highest BCUT2D eigenvalue weighted by Gasteiger charge is 2.35. The molecule has 1 atom stereocenters. The number of aliphatic hydroxyl groups is 1. The zero-order valence-corrected chi connectivity index (χ0v) is 8.55. The predicted molar refractivity (Wildman–Crippen MR) is 49.2 cm³/mol. The van der Waals surface area contributed by atoms with E-state index in [2.05, 4.69) is 0 Å². The largest absolute Gasteiger partial charge is 0.491 e. The van der Waals surface area contributed by atoms with Gasteiger partial charge in [0.05, 0.1) is 5.60 Å². The Morgan fingerprint density at radius 3 is 2.38 bits per heavy atom. The number of Topliss-reactive ketones (excluding diaryl/α,β-unsaturated/α-hetero) is 1. The molecule has 1 N–H and O–H groups in total.